The van der Waals surface area contributed by atoms with E-state index >= 15 is 0 Å². The van der Waals surface area contributed by atoms with Crippen LogP contribution in [0.15, 0.2) is 46.9 Å². The SMILES string of the molecule is Cc1cc(C)cc(N2C(=O)CC(Cc3ccc(Br)cc3)C2=O)c1. The Labute approximate surface area is 144 Å². The minimum absolute atomic E-state index is 0.0945. The second-order valence-electron chi connectivity index (χ2n) is 6.14. The normalized spacial score (nSPS) is 17.9. The molecule has 23 heavy (non-hydrogen) atoms. The van der Waals surface area contributed by atoms with E-state index in [0.717, 1.165) is 21.2 Å². The van der Waals surface area contributed by atoms with Crippen molar-refractivity contribution in [2.24, 2.45) is 5.92 Å². The molecule has 0 N–H and O–H groups in total. The number of hydrogen-bond donors (Lipinski definition) is 0. The Balaban J connectivity index is 1.83. The highest BCUT2D eigenvalue weighted by Crippen LogP contribution is 2.30. The third kappa shape index (κ3) is 3.37. The molecule has 0 aliphatic carbocycles. The van der Waals surface area contributed by atoms with Gasteiger partial charge in [0.05, 0.1) is 11.6 Å². The van der Waals surface area contributed by atoms with Gasteiger partial charge in [-0.3, -0.25) is 14.5 Å². The number of nitrogens with zero attached hydrogens (tertiary/aromatic N) is 1. The zero-order valence-electron chi connectivity index (χ0n) is 13.2. The van der Waals surface area contributed by atoms with Gasteiger partial charge in [-0.05, 0) is 61.2 Å². The maximum atomic E-state index is 12.7. The van der Waals surface area contributed by atoms with Gasteiger partial charge in [-0.1, -0.05) is 34.1 Å². The molecule has 0 aromatic heterocycles. The number of anilines is 1. The number of rotatable bonds is 3. The molecule has 2 aromatic rings. The zero-order valence-corrected chi connectivity index (χ0v) is 14.8. The van der Waals surface area contributed by atoms with Crippen LogP contribution in [0.5, 0.6) is 0 Å². The standard InChI is InChI=1S/C19H18BrNO2/c1-12-7-13(2)9-17(8-12)21-18(22)11-15(19(21)23)10-14-3-5-16(20)6-4-14/h3-9,15H,10-11H2,1-2H3. The average molecular weight is 372 g/mol. The lowest BCUT2D eigenvalue weighted by Gasteiger charge is -2.16. The maximum Gasteiger partial charge on any atom is 0.237 e. The summed E-state index contributed by atoms with van der Waals surface area (Å²) in [5, 5.41) is 0. The summed E-state index contributed by atoms with van der Waals surface area (Å²) < 4.78 is 1.01. The minimum Gasteiger partial charge on any atom is -0.274 e. The van der Waals surface area contributed by atoms with E-state index < -0.39 is 0 Å². The summed E-state index contributed by atoms with van der Waals surface area (Å²) in [6.07, 6.45) is 0.876. The van der Waals surface area contributed by atoms with E-state index in [2.05, 4.69) is 15.9 Å². The van der Waals surface area contributed by atoms with Crippen LogP contribution in [0.4, 0.5) is 5.69 Å². The predicted octanol–water partition coefficient (Wildman–Crippen LogP) is 4.19. The van der Waals surface area contributed by atoms with Crippen LogP contribution in [0.2, 0.25) is 0 Å². The molecule has 1 saturated heterocycles. The lowest BCUT2D eigenvalue weighted by molar-refractivity contribution is -0.122. The largest absolute Gasteiger partial charge is 0.274 e. The summed E-state index contributed by atoms with van der Waals surface area (Å²) in [6, 6.07) is 13.7. The van der Waals surface area contributed by atoms with Gasteiger partial charge in [0.2, 0.25) is 11.8 Å². The van der Waals surface area contributed by atoms with Crippen LogP contribution >= 0.6 is 15.9 Å². The van der Waals surface area contributed by atoms with Gasteiger partial charge in [0.25, 0.3) is 0 Å². The highest BCUT2D eigenvalue weighted by atomic mass is 79.9. The van der Waals surface area contributed by atoms with E-state index in [0.29, 0.717) is 12.1 Å². The van der Waals surface area contributed by atoms with Crippen molar-refractivity contribution in [1.82, 2.24) is 0 Å². The van der Waals surface area contributed by atoms with Crippen molar-refractivity contribution in [3.05, 3.63) is 63.6 Å². The van der Waals surface area contributed by atoms with E-state index in [1.165, 1.54) is 4.90 Å². The first-order chi connectivity index (χ1) is 10.9. The second kappa shape index (κ2) is 6.28. The summed E-state index contributed by atoms with van der Waals surface area (Å²) in [6.45, 7) is 3.95. The molecular weight excluding hydrogens is 354 g/mol. The Bertz CT molecular complexity index is 747. The van der Waals surface area contributed by atoms with Crippen LogP contribution in [0.3, 0.4) is 0 Å². The molecule has 1 aliphatic rings. The molecule has 4 heteroatoms. The Hall–Kier alpha value is -1.94. The molecule has 0 radical (unpaired) electrons. The number of carbonyl (C=O) groups excluding carboxylic acids is 2. The van der Waals surface area contributed by atoms with Crippen LogP contribution in [0, 0.1) is 19.8 Å². The van der Waals surface area contributed by atoms with Crippen molar-refractivity contribution in [2.75, 3.05) is 4.90 Å². The number of aryl methyl sites for hydroxylation is 2. The molecule has 1 aliphatic heterocycles. The van der Waals surface area contributed by atoms with Gasteiger partial charge in [0, 0.05) is 10.9 Å². The molecule has 3 rings (SSSR count). The highest BCUT2D eigenvalue weighted by Gasteiger charge is 2.39. The van der Waals surface area contributed by atoms with E-state index in [4.69, 9.17) is 0 Å². The van der Waals surface area contributed by atoms with Crippen molar-refractivity contribution in [2.45, 2.75) is 26.7 Å². The second-order valence-corrected chi connectivity index (χ2v) is 7.06. The molecule has 0 bridgehead atoms. The number of halogens is 1. The topological polar surface area (TPSA) is 37.4 Å². The van der Waals surface area contributed by atoms with Gasteiger partial charge >= 0.3 is 0 Å². The molecule has 1 heterocycles. The van der Waals surface area contributed by atoms with Gasteiger partial charge in [0.1, 0.15) is 0 Å². The van der Waals surface area contributed by atoms with E-state index in [-0.39, 0.29) is 24.2 Å². The monoisotopic (exact) mass is 371 g/mol. The van der Waals surface area contributed by atoms with Crippen molar-refractivity contribution in [3.63, 3.8) is 0 Å². The summed E-state index contributed by atoms with van der Waals surface area (Å²) in [5.74, 6) is -0.477. The van der Waals surface area contributed by atoms with Gasteiger partial charge < -0.3 is 0 Å². The van der Waals surface area contributed by atoms with Gasteiger partial charge in [-0.15, -0.1) is 0 Å². The molecule has 2 amide bonds. The van der Waals surface area contributed by atoms with Crippen molar-refractivity contribution in [3.8, 4) is 0 Å². The smallest absolute Gasteiger partial charge is 0.237 e. The van der Waals surface area contributed by atoms with Gasteiger partial charge in [-0.25, -0.2) is 0 Å². The lowest BCUT2D eigenvalue weighted by Crippen LogP contribution is -2.31. The van der Waals surface area contributed by atoms with Crippen molar-refractivity contribution >= 4 is 33.4 Å². The maximum absolute atomic E-state index is 12.7. The molecule has 1 unspecified atom stereocenters. The first-order valence-electron chi connectivity index (χ1n) is 7.63. The average Bonchev–Trinajstić information content (AvgIpc) is 2.75. The summed E-state index contributed by atoms with van der Waals surface area (Å²) >= 11 is 3.40. The third-order valence-corrected chi connectivity index (χ3v) is 4.63. The number of carbonyl (C=O) groups is 2. The van der Waals surface area contributed by atoms with Crippen LogP contribution < -0.4 is 4.90 Å². The fraction of sp³-hybridized carbons (Fsp3) is 0.263. The Morgan fingerprint density at radius 3 is 2.26 bits per heavy atom. The number of hydrogen-bond acceptors (Lipinski definition) is 2. The molecule has 3 nitrogen and oxygen atoms in total. The Kier molecular flexibility index (Phi) is 4.35. The number of benzene rings is 2. The van der Waals surface area contributed by atoms with Crippen molar-refractivity contribution < 1.29 is 9.59 Å². The Morgan fingerprint density at radius 1 is 1.04 bits per heavy atom. The van der Waals surface area contributed by atoms with Crippen LogP contribution in [-0.4, -0.2) is 11.8 Å². The van der Waals surface area contributed by atoms with Gasteiger partial charge in [0.15, 0.2) is 0 Å². The van der Waals surface area contributed by atoms with Gasteiger partial charge in [-0.2, -0.15) is 0 Å². The quantitative estimate of drug-likeness (QED) is 0.758. The molecule has 1 fully saturated rings. The highest BCUT2D eigenvalue weighted by molar-refractivity contribution is 9.10. The fourth-order valence-electron chi connectivity index (χ4n) is 3.11. The Morgan fingerprint density at radius 2 is 1.65 bits per heavy atom. The summed E-state index contributed by atoms with van der Waals surface area (Å²) in [4.78, 5) is 26.4. The molecular formula is C19H18BrNO2. The van der Waals surface area contributed by atoms with Crippen LogP contribution in [0.25, 0.3) is 0 Å². The van der Waals surface area contributed by atoms with E-state index in [9.17, 15) is 9.59 Å². The third-order valence-electron chi connectivity index (χ3n) is 4.10. The van der Waals surface area contributed by atoms with Crippen molar-refractivity contribution in [1.29, 1.82) is 0 Å². The molecule has 118 valence electrons. The minimum atomic E-state index is -0.274. The predicted molar refractivity (Wildman–Crippen MR) is 94.4 cm³/mol. The first kappa shape index (κ1) is 15.9. The van der Waals surface area contributed by atoms with Crippen LogP contribution in [-0.2, 0) is 16.0 Å². The molecule has 0 saturated carbocycles. The summed E-state index contributed by atoms with van der Waals surface area (Å²) in [5.41, 5.74) is 3.87. The fourth-order valence-corrected chi connectivity index (χ4v) is 3.37. The van der Waals surface area contributed by atoms with E-state index in [1.54, 1.807) is 0 Å². The number of imide groups is 1. The van der Waals surface area contributed by atoms with Crippen LogP contribution in [0.1, 0.15) is 23.1 Å². The molecule has 1 atom stereocenters. The molecule has 0 spiro atoms. The lowest BCUT2D eigenvalue weighted by atomic mass is 9.98. The van der Waals surface area contributed by atoms with E-state index in [1.807, 2.05) is 56.3 Å². The number of amides is 2. The molecule has 2 aromatic carbocycles. The first-order valence-corrected chi connectivity index (χ1v) is 8.43. The summed E-state index contributed by atoms with van der Waals surface area (Å²) in [7, 11) is 0. The zero-order chi connectivity index (χ0) is 16.6.